The molecule has 2 aliphatic heterocycles. The Kier molecular flexibility index (Phi) is 5.69. The van der Waals surface area contributed by atoms with Gasteiger partial charge in [-0.05, 0) is 25.7 Å². The maximum Gasteiger partial charge on any atom is 0.280 e. The van der Waals surface area contributed by atoms with E-state index in [1.165, 1.54) is 0 Å². The molecule has 152 valence electrons. The summed E-state index contributed by atoms with van der Waals surface area (Å²) in [5, 5.41) is 0. The normalized spacial score (nSPS) is 24.1. The standard InChI is InChI=1S/C18H26N6O4/c1-3-9-26-27-10-12-6-7-14(28-12)24-11-19-15-16(24)21-18(22-17(15)25)20-13-5-4-8-23(13)2/h11-12,14H,3-10H2,1-2H3,(H,21,22,25)/b20-13+. The van der Waals surface area contributed by atoms with Crippen LogP contribution in [-0.4, -0.2) is 63.2 Å². The third kappa shape index (κ3) is 3.94. The molecule has 1 N–H and O–H groups in total. The topological polar surface area (TPSA) is 107 Å². The Morgan fingerprint density at radius 2 is 2.29 bits per heavy atom. The SMILES string of the molecule is CCCOOCC1CCC(n2cnc3c(=O)[nH]c(/N=C4\CCCN4C)nc32)O1. The number of likely N-dealkylation sites (tertiary alicyclic amines) is 1. The molecule has 10 heteroatoms. The summed E-state index contributed by atoms with van der Waals surface area (Å²) in [4.78, 5) is 40.8. The van der Waals surface area contributed by atoms with Crippen LogP contribution in [0, 0.1) is 0 Å². The molecule has 2 fully saturated rings. The first-order valence-electron chi connectivity index (χ1n) is 9.81. The Labute approximate surface area is 162 Å². The lowest BCUT2D eigenvalue weighted by atomic mass is 10.2. The largest absolute Gasteiger partial charge is 0.363 e. The Balaban J connectivity index is 1.53. The van der Waals surface area contributed by atoms with Crippen molar-refractivity contribution >= 4 is 22.9 Å². The summed E-state index contributed by atoms with van der Waals surface area (Å²) in [7, 11) is 1.99. The zero-order chi connectivity index (χ0) is 19.5. The predicted octanol–water partition coefficient (Wildman–Crippen LogP) is 1.91. The highest BCUT2D eigenvalue weighted by Gasteiger charge is 2.29. The Morgan fingerprint density at radius 1 is 1.39 bits per heavy atom. The molecule has 10 nitrogen and oxygen atoms in total. The number of hydrogen-bond acceptors (Lipinski definition) is 7. The summed E-state index contributed by atoms with van der Waals surface area (Å²) < 4.78 is 7.85. The molecule has 0 aromatic carbocycles. The van der Waals surface area contributed by atoms with Crippen molar-refractivity contribution in [1.82, 2.24) is 24.4 Å². The first-order chi connectivity index (χ1) is 13.7. The van der Waals surface area contributed by atoms with Crippen LogP contribution in [0.4, 0.5) is 5.95 Å². The number of hydrogen-bond donors (Lipinski definition) is 1. The van der Waals surface area contributed by atoms with E-state index in [9.17, 15) is 4.79 Å². The van der Waals surface area contributed by atoms with Gasteiger partial charge in [0.05, 0.1) is 19.0 Å². The minimum absolute atomic E-state index is 0.0619. The second kappa shape index (κ2) is 8.38. The average Bonchev–Trinajstić information content (AvgIpc) is 3.39. The lowest BCUT2D eigenvalue weighted by Crippen LogP contribution is -2.19. The van der Waals surface area contributed by atoms with Crippen molar-refractivity contribution in [1.29, 1.82) is 0 Å². The summed E-state index contributed by atoms with van der Waals surface area (Å²) in [6, 6.07) is 0. The molecular formula is C18H26N6O4. The molecule has 2 aromatic rings. The monoisotopic (exact) mass is 390 g/mol. The lowest BCUT2D eigenvalue weighted by Gasteiger charge is -2.15. The van der Waals surface area contributed by atoms with Crippen LogP contribution in [0.25, 0.3) is 11.2 Å². The highest BCUT2D eigenvalue weighted by Crippen LogP contribution is 2.30. The fraction of sp³-hybridized carbons (Fsp3) is 0.667. The first-order valence-corrected chi connectivity index (χ1v) is 9.81. The number of fused-ring (bicyclic) bond motifs is 1. The number of rotatable bonds is 7. The van der Waals surface area contributed by atoms with Crippen molar-refractivity contribution in [3.05, 3.63) is 16.7 Å². The molecule has 0 saturated carbocycles. The number of aromatic amines is 1. The van der Waals surface area contributed by atoms with Crippen LogP contribution in [-0.2, 0) is 14.5 Å². The number of nitrogens with one attached hydrogen (secondary N) is 1. The van der Waals surface area contributed by atoms with Gasteiger partial charge in [0.1, 0.15) is 18.7 Å². The third-order valence-corrected chi connectivity index (χ3v) is 5.01. The number of nitrogens with zero attached hydrogens (tertiary/aromatic N) is 5. The molecule has 0 aliphatic carbocycles. The fourth-order valence-corrected chi connectivity index (χ4v) is 3.52. The van der Waals surface area contributed by atoms with Gasteiger partial charge in [-0.15, -0.1) is 0 Å². The molecule has 2 atom stereocenters. The second-order valence-corrected chi connectivity index (χ2v) is 7.16. The van der Waals surface area contributed by atoms with Gasteiger partial charge in [0, 0.05) is 20.0 Å². The van der Waals surface area contributed by atoms with Crippen LogP contribution < -0.4 is 5.56 Å². The van der Waals surface area contributed by atoms with Gasteiger partial charge in [-0.25, -0.2) is 14.8 Å². The summed E-state index contributed by atoms with van der Waals surface area (Å²) in [5.74, 6) is 1.23. The van der Waals surface area contributed by atoms with Gasteiger partial charge in [-0.2, -0.15) is 9.98 Å². The summed E-state index contributed by atoms with van der Waals surface area (Å²) >= 11 is 0. The molecule has 4 heterocycles. The van der Waals surface area contributed by atoms with Gasteiger partial charge in [0.25, 0.3) is 5.56 Å². The number of aliphatic imine (C=N–C) groups is 1. The molecule has 0 amide bonds. The van der Waals surface area contributed by atoms with Crippen molar-refractivity contribution in [3.63, 3.8) is 0 Å². The van der Waals surface area contributed by atoms with E-state index in [4.69, 9.17) is 14.5 Å². The Hall–Kier alpha value is -2.30. The van der Waals surface area contributed by atoms with E-state index in [-0.39, 0.29) is 17.9 Å². The molecule has 28 heavy (non-hydrogen) atoms. The number of amidine groups is 1. The van der Waals surface area contributed by atoms with Gasteiger partial charge in [-0.3, -0.25) is 14.3 Å². The van der Waals surface area contributed by atoms with Crippen LogP contribution in [0.15, 0.2) is 16.1 Å². The predicted molar refractivity (Wildman–Crippen MR) is 102 cm³/mol. The van der Waals surface area contributed by atoms with E-state index in [1.54, 1.807) is 10.9 Å². The van der Waals surface area contributed by atoms with Gasteiger partial charge < -0.3 is 9.64 Å². The molecule has 0 bridgehead atoms. The molecule has 2 aromatic heterocycles. The molecular weight excluding hydrogens is 364 g/mol. The van der Waals surface area contributed by atoms with Crippen LogP contribution in [0.5, 0.6) is 0 Å². The summed E-state index contributed by atoms with van der Waals surface area (Å²) in [6.07, 6.45) is 5.76. The number of aromatic nitrogens is 4. The summed E-state index contributed by atoms with van der Waals surface area (Å²) in [5.41, 5.74) is 0.477. The Bertz CT molecular complexity index is 907. The number of ether oxygens (including phenoxy) is 1. The van der Waals surface area contributed by atoms with E-state index in [1.807, 2.05) is 14.0 Å². The first kappa shape index (κ1) is 19.0. The van der Waals surface area contributed by atoms with Crippen molar-refractivity contribution in [2.75, 3.05) is 26.8 Å². The third-order valence-electron chi connectivity index (χ3n) is 5.01. The minimum atomic E-state index is -0.297. The van der Waals surface area contributed by atoms with E-state index in [0.717, 1.165) is 44.5 Å². The van der Waals surface area contributed by atoms with Crippen molar-refractivity contribution < 1.29 is 14.5 Å². The number of H-pyrrole nitrogens is 1. The molecule has 0 spiro atoms. The Morgan fingerprint density at radius 3 is 3.07 bits per heavy atom. The van der Waals surface area contributed by atoms with Gasteiger partial charge >= 0.3 is 0 Å². The van der Waals surface area contributed by atoms with Crippen molar-refractivity contribution in [3.8, 4) is 0 Å². The molecule has 2 aliphatic rings. The lowest BCUT2D eigenvalue weighted by molar-refractivity contribution is -0.306. The molecule has 4 rings (SSSR count). The van der Waals surface area contributed by atoms with Gasteiger partial charge in [0.15, 0.2) is 11.2 Å². The summed E-state index contributed by atoms with van der Waals surface area (Å²) in [6.45, 7) is 3.93. The van der Waals surface area contributed by atoms with Crippen molar-refractivity contribution in [2.45, 2.75) is 51.4 Å². The highest BCUT2D eigenvalue weighted by atomic mass is 17.2. The van der Waals surface area contributed by atoms with E-state index < -0.39 is 0 Å². The van der Waals surface area contributed by atoms with E-state index in [0.29, 0.717) is 30.3 Å². The molecule has 2 saturated heterocycles. The van der Waals surface area contributed by atoms with Crippen molar-refractivity contribution in [2.24, 2.45) is 4.99 Å². The smallest absolute Gasteiger partial charge is 0.280 e. The van der Waals surface area contributed by atoms with Gasteiger partial charge in [-0.1, -0.05) is 6.92 Å². The zero-order valence-corrected chi connectivity index (χ0v) is 16.3. The maximum absolute atomic E-state index is 12.4. The average molecular weight is 390 g/mol. The van der Waals surface area contributed by atoms with Crippen LogP contribution in [0.3, 0.4) is 0 Å². The second-order valence-electron chi connectivity index (χ2n) is 7.16. The van der Waals surface area contributed by atoms with Gasteiger partial charge in [0.2, 0.25) is 5.95 Å². The maximum atomic E-state index is 12.4. The fourth-order valence-electron chi connectivity index (χ4n) is 3.52. The number of imidazole rings is 1. The molecule has 2 unspecified atom stereocenters. The van der Waals surface area contributed by atoms with Crippen LogP contribution >= 0.6 is 0 Å². The van der Waals surface area contributed by atoms with E-state index in [2.05, 4.69) is 24.8 Å². The van der Waals surface area contributed by atoms with Crippen LogP contribution in [0.1, 0.15) is 45.3 Å². The zero-order valence-electron chi connectivity index (χ0n) is 16.3. The molecule has 0 radical (unpaired) electrons. The van der Waals surface area contributed by atoms with E-state index >= 15 is 0 Å². The minimum Gasteiger partial charge on any atom is -0.363 e. The van der Waals surface area contributed by atoms with Crippen LogP contribution in [0.2, 0.25) is 0 Å². The highest BCUT2D eigenvalue weighted by molar-refractivity contribution is 5.85. The quantitative estimate of drug-likeness (QED) is 0.437.